The summed E-state index contributed by atoms with van der Waals surface area (Å²) in [7, 11) is 0. The maximum atomic E-state index is 14.1. The zero-order valence-electron chi connectivity index (χ0n) is 14.8. The number of aromatic nitrogens is 2. The predicted molar refractivity (Wildman–Crippen MR) is 96.0 cm³/mol. The van der Waals surface area contributed by atoms with E-state index in [0.717, 1.165) is 38.3 Å². The summed E-state index contributed by atoms with van der Waals surface area (Å²) in [5.74, 6) is 1.12. The summed E-state index contributed by atoms with van der Waals surface area (Å²) in [6, 6.07) is 6.47. The smallest absolute Gasteiger partial charge is 0.251 e. The molecule has 4 heterocycles. The van der Waals surface area contributed by atoms with E-state index in [1.807, 2.05) is 10.6 Å². The summed E-state index contributed by atoms with van der Waals surface area (Å²) in [5.41, 5.74) is 1.86. The van der Waals surface area contributed by atoms with Crippen LogP contribution in [0.1, 0.15) is 31.9 Å². The quantitative estimate of drug-likeness (QED) is 0.861. The SMILES string of the molecule is CC(C)CN1C[C@@H]2C[C@H](C1)c1cc(-c3ncccc3F)cc(=O)n1C2. The second kappa shape index (κ2) is 6.37. The number of hydrogen-bond donors (Lipinski definition) is 0. The predicted octanol–water partition coefficient (Wildman–Crippen LogP) is 3.12. The van der Waals surface area contributed by atoms with E-state index in [4.69, 9.17) is 0 Å². The fraction of sp³-hybridized carbons (Fsp3) is 0.500. The van der Waals surface area contributed by atoms with Gasteiger partial charge in [0.2, 0.25) is 0 Å². The second-order valence-corrected chi connectivity index (χ2v) is 7.86. The lowest BCUT2D eigenvalue weighted by molar-refractivity contribution is 0.109. The van der Waals surface area contributed by atoms with E-state index in [1.54, 1.807) is 12.3 Å². The molecule has 1 fully saturated rings. The Hall–Kier alpha value is -2.01. The van der Waals surface area contributed by atoms with Gasteiger partial charge in [0.15, 0.2) is 0 Å². The maximum absolute atomic E-state index is 14.1. The zero-order valence-corrected chi connectivity index (χ0v) is 14.8. The normalized spacial score (nSPS) is 22.9. The molecule has 0 amide bonds. The lowest BCUT2D eigenvalue weighted by Gasteiger charge is -2.43. The van der Waals surface area contributed by atoms with Crippen LogP contribution in [0.2, 0.25) is 0 Å². The molecule has 0 spiro atoms. The van der Waals surface area contributed by atoms with Gasteiger partial charge in [-0.05, 0) is 36.5 Å². The van der Waals surface area contributed by atoms with Crippen molar-refractivity contribution in [2.75, 3.05) is 19.6 Å². The molecule has 1 saturated heterocycles. The Bertz CT molecular complexity index is 845. The molecule has 5 heteroatoms. The van der Waals surface area contributed by atoms with E-state index in [9.17, 15) is 9.18 Å². The molecule has 0 aliphatic carbocycles. The van der Waals surface area contributed by atoms with Gasteiger partial charge in [0.1, 0.15) is 11.5 Å². The minimum atomic E-state index is -0.384. The van der Waals surface area contributed by atoms with Gasteiger partial charge in [-0.25, -0.2) is 4.39 Å². The van der Waals surface area contributed by atoms with Crippen LogP contribution in [0, 0.1) is 17.7 Å². The number of pyridine rings is 2. The molecule has 2 aromatic heterocycles. The van der Waals surface area contributed by atoms with Crippen LogP contribution < -0.4 is 5.56 Å². The Morgan fingerprint density at radius 3 is 2.88 bits per heavy atom. The highest BCUT2D eigenvalue weighted by atomic mass is 19.1. The number of fused-ring (bicyclic) bond motifs is 4. The molecule has 2 aliphatic rings. The van der Waals surface area contributed by atoms with Crippen LogP contribution in [0.5, 0.6) is 0 Å². The van der Waals surface area contributed by atoms with Crippen molar-refractivity contribution < 1.29 is 4.39 Å². The van der Waals surface area contributed by atoms with Crippen molar-refractivity contribution in [3.05, 3.63) is 52.3 Å². The Morgan fingerprint density at radius 1 is 1.28 bits per heavy atom. The molecule has 2 aromatic rings. The third kappa shape index (κ3) is 3.13. The van der Waals surface area contributed by atoms with Crippen LogP contribution in [0.4, 0.5) is 4.39 Å². The number of likely N-dealkylation sites (tertiary alicyclic amines) is 1. The first-order valence-electron chi connectivity index (χ1n) is 9.09. The zero-order chi connectivity index (χ0) is 17.6. The molecule has 132 valence electrons. The molecule has 4 nitrogen and oxygen atoms in total. The molecule has 0 aromatic carbocycles. The summed E-state index contributed by atoms with van der Waals surface area (Å²) in [4.78, 5) is 19.3. The fourth-order valence-electron chi connectivity index (χ4n) is 4.46. The van der Waals surface area contributed by atoms with E-state index in [2.05, 4.69) is 23.7 Å². The van der Waals surface area contributed by atoms with Gasteiger partial charge in [-0.2, -0.15) is 0 Å². The molecule has 25 heavy (non-hydrogen) atoms. The van der Waals surface area contributed by atoms with Gasteiger partial charge in [0.25, 0.3) is 5.56 Å². The van der Waals surface area contributed by atoms with Gasteiger partial charge in [0, 0.05) is 55.6 Å². The van der Waals surface area contributed by atoms with Crippen molar-refractivity contribution in [3.8, 4) is 11.3 Å². The van der Waals surface area contributed by atoms with Gasteiger partial charge in [0.05, 0.1) is 0 Å². The lowest BCUT2D eigenvalue weighted by Crippen LogP contribution is -2.48. The highest BCUT2D eigenvalue weighted by Crippen LogP contribution is 2.36. The van der Waals surface area contributed by atoms with Crippen LogP contribution in [-0.2, 0) is 6.54 Å². The fourth-order valence-corrected chi connectivity index (χ4v) is 4.46. The monoisotopic (exact) mass is 341 g/mol. The van der Waals surface area contributed by atoms with E-state index in [1.165, 1.54) is 12.1 Å². The Balaban J connectivity index is 1.73. The summed E-state index contributed by atoms with van der Waals surface area (Å²) >= 11 is 0. The average Bonchev–Trinajstić information content (AvgIpc) is 2.55. The number of nitrogens with zero attached hydrogens (tertiary/aromatic N) is 3. The van der Waals surface area contributed by atoms with Crippen molar-refractivity contribution in [2.45, 2.75) is 32.7 Å². The molecule has 2 bridgehead atoms. The van der Waals surface area contributed by atoms with E-state index < -0.39 is 0 Å². The summed E-state index contributed by atoms with van der Waals surface area (Å²) in [5, 5.41) is 0. The Labute approximate surface area is 147 Å². The van der Waals surface area contributed by atoms with Gasteiger partial charge < -0.3 is 9.47 Å². The molecule has 0 saturated carbocycles. The van der Waals surface area contributed by atoms with Gasteiger partial charge in [-0.15, -0.1) is 0 Å². The minimum absolute atomic E-state index is 0.0374. The number of halogens is 1. The van der Waals surface area contributed by atoms with Gasteiger partial charge in [-0.1, -0.05) is 13.8 Å². The topological polar surface area (TPSA) is 38.1 Å². The Kier molecular flexibility index (Phi) is 4.20. The van der Waals surface area contributed by atoms with Crippen LogP contribution in [-0.4, -0.2) is 34.1 Å². The Morgan fingerprint density at radius 2 is 2.12 bits per heavy atom. The van der Waals surface area contributed by atoms with Gasteiger partial charge >= 0.3 is 0 Å². The van der Waals surface area contributed by atoms with E-state index in [0.29, 0.717) is 23.3 Å². The molecule has 0 N–H and O–H groups in total. The first-order chi connectivity index (χ1) is 12.0. The second-order valence-electron chi connectivity index (χ2n) is 7.86. The molecule has 0 unspecified atom stereocenters. The van der Waals surface area contributed by atoms with Crippen LogP contribution in [0.15, 0.2) is 35.3 Å². The molecular weight excluding hydrogens is 317 g/mol. The van der Waals surface area contributed by atoms with Crippen molar-refractivity contribution in [1.82, 2.24) is 14.5 Å². The molecular formula is C20H24FN3O. The molecule has 4 rings (SSSR count). The van der Waals surface area contributed by atoms with E-state index in [-0.39, 0.29) is 17.1 Å². The van der Waals surface area contributed by atoms with Crippen molar-refractivity contribution in [2.24, 2.45) is 11.8 Å². The lowest BCUT2D eigenvalue weighted by atomic mass is 9.82. The number of rotatable bonds is 3. The van der Waals surface area contributed by atoms with Crippen LogP contribution in [0.25, 0.3) is 11.3 Å². The standard InChI is InChI=1S/C20H24FN3O/c1-13(2)9-23-10-14-6-16(12-23)18-7-15(8-19(25)24(18)11-14)20-17(21)4-3-5-22-20/h3-5,7-8,13-14,16H,6,9-12H2,1-2H3/t14-,16+/m0/s1. The first kappa shape index (κ1) is 16.5. The first-order valence-corrected chi connectivity index (χ1v) is 9.09. The van der Waals surface area contributed by atoms with Crippen molar-refractivity contribution in [1.29, 1.82) is 0 Å². The third-order valence-corrected chi connectivity index (χ3v) is 5.29. The van der Waals surface area contributed by atoms with Crippen molar-refractivity contribution in [3.63, 3.8) is 0 Å². The summed E-state index contributed by atoms with van der Waals surface area (Å²) in [6.45, 7) is 8.38. The minimum Gasteiger partial charge on any atom is -0.312 e. The summed E-state index contributed by atoms with van der Waals surface area (Å²) < 4.78 is 16.0. The summed E-state index contributed by atoms with van der Waals surface area (Å²) in [6.07, 6.45) is 2.68. The average molecular weight is 341 g/mol. The number of piperidine rings is 1. The van der Waals surface area contributed by atoms with E-state index >= 15 is 0 Å². The molecule has 2 atom stereocenters. The highest BCUT2D eigenvalue weighted by Gasteiger charge is 2.35. The maximum Gasteiger partial charge on any atom is 0.251 e. The largest absolute Gasteiger partial charge is 0.312 e. The number of hydrogen-bond acceptors (Lipinski definition) is 3. The highest BCUT2D eigenvalue weighted by molar-refractivity contribution is 5.60. The van der Waals surface area contributed by atoms with Gasteiger partial charge in [-0.3, -0.25) is 9.78 Å². The molecule has 0 radical (unpaired) electrons. The molecule has 2 aliphatic heterocycles. The third-order valence-electron chi connectivity index (χ3n) is 5.29. The van der Waals surface area contributed by atoms with Crippen LogP contribution in [0.3, 0.4) is 0 Å². The van der Waals surface area contributed by atoms with Crippen LogP contribution >= 0.6 is 0 Å². The van der Waals surface area contributed by atoms with Crippen molar-refractivity contribution >= 4 is 0 Å².